The molecule has 1 saturated carbocycles. The van der Waals surface area contributed by atoms with Gasteiger partial charge in [0.1, 0.15) is 11.6 Å². The fraction of sp³-hybridized carbons (Fsp3) is 0.400. The fourth-order valence-electron chi connectivity index (χ4n) is 4.70. The molecular weight excluding hydrogens is 425 g/mol. The van der Waals surface area contributed by atoms with E-state index in [2.05, 4.69) is 18.2 Å². The SMILES string of the molecule is CC1(C)[C@H](C(=O)OCc2cccc3c2CCCc2ccccc2-3)[C@@H]1/C=C(\Cl)C(F)(F)F. The molecule has 0 heterocycles. The summed E-state index contributed by atoms with van der Waals surface area (Å²) in [7, 11) is 0. The number of ether oxygens (including phenoxy) is 1. The standard InChI is InChI=1S/C25H24ClF3O2/c1-24(2)20(13-21(26)25(27,28)29)22(24)23(30)31-14-16-9-6-12-19-17-10-4-3-7-15(17)8-5-11-18(16)19/h3-4,6-7,9-10,12-13,20,22H,5,8,11,14H2,1-2H3/b21-13-/t20-,22-/m0/s1. The topological polar surface area (TPSA) is 26.3 Å². The van der Waals surface area contributed by atoms with Gasteiger partial charge in [-0.2, -0.15) is 13.2 Å². The van der Waals surface area contributed by atoms with Crippen LogP contribution >= 0.6 is 11.6 Å². The van der Waals surface area contributed by atoms with Crippen molar-refractivity contribution in [1.82, 2.24) is 0 Å². The van der Waals surface area contributed by atoms with E-state index < -0.39 is 34.4 Å². The molecule has 0 bridgehead atoms. The largest absolute Gasteiger partial charge is 0.461 e. The third-order valence-electron chi connectivity index (χ3n) is 6.58. The number of fused-ring (bicyclic) bond motifs is 3. The van der Waals surface area contributed by atoms with Crippen LogP contribution in [0.15, 0.2) is 53.6 Å². The highest BCUT2D eigenvalue weighted by atomic mass is 35.5. The lowest BCUT2D eigenvalue weighted by Crippen LogP contribution is -2.12. The molecule has 2 aliphatic carbocycles. The number of allylic oxidation sites excluding steroid dienone is 2. The molecule has 0 spiro atoms. The third-order valence-corrected chi connectivity index (χ3v) is 6.92. The number of benzene rings is 2. The van der Waals surface area contributed by atoms with E-state index in [1.807, 2.05) is 24.3 Å². The average Bonchev–Trinajstić information content (AvgIpc) is 3.32. The van der Waals surface area contributed by atoms with E-state index in [-0.39, 0.29) is 6.61 Å². The maximum atomic E-state index is 12.8. The summed E-state index contributed by atoms with van der Waals surface area (Å²) in [6, 6.07) is 14.3. The Labute approximate surface area is 185 Å². The van der Waals surface area contributed by atoms with Crippen LogP contribution in [0.3, 0.4) is 0 Å². The number of rotatable bonds is 4. The van der Waals surface area contributed by atoms with Crippen LogP contribution in [0.1, 0.15) is 37.0 Å². The van der Waals surface area contributed by atoms with Crippen LogP contribution in [-0.2, 0) is 29.0 Å². The minimum absolute atomic E-state index is 0.111. The van der Waals surface area contributed by atoms with Crippen LogP contribution in [0.25, 0.3) is 11.1 Å². The molecule has 4 rings (SSSR count). The minimum atomic E-state index is -4.60. The van der Waals surface area contributed by atoms with Crippen LogP contribution in [0, 0.1) is 17.3 Å². The minimum Gasteiger partial charge on any atom is -0.461 e. The predicted octanol–water partition coefficient (Wildman–Crippen LogP) is 6.84. The summed E-state index contributed by atoms with van der Waals surface area (Å²) in [5.74, 6) is -1.70. The molecule has 0 unspecified atom stereocenters. The van der Waals surface area contributed by atoms with Crippen molar-refractivity contribution in [2.45, 2.75) is 45.9 Å². The van der Waals surface area contributed by atoms with Gasteiger partial charge in [-0.1, -0.05) is 74.0 Å². The Hall–Kier alpha value is -2.27. The lowest BCUT2D eigenvalue weighted by Gasteiger charge is -2.14. The quantitative estimate of drug-likeness (QED) is 0.478. The first kappa shape index (κ1) is 21.9. The number of halogens is 4. The molecule has 164 valence electrons. The van der Waals surface area contributed by atoms with Crippen LogP contribution in [0.2, 0.25) is 0 Å². The predicted molar refractivity (Wildman–Crippen MR) is 114 cm³/mol. The van der Waals surface area contributed by atoms with E-state index in [1.54, 1.807) is 13.8 Å². The van der Waals surface area contributed by atoms with Crippen molar-refractivity contribution in [3.05, 3.63) is 70.3 Å². The van der Waals surface area contributed by atoms with Gasteiger partial charge in [0.25, 0.3) is 0 Å². The molecule has 2 aromatic carbocycles. The van der Waals surface area contributed by atoms with Gasteiger partial charge in [-0.25, -0.2) is 0 Å². The summed E-state index contributed by atoms with van der Waals surface area (Å²) in [6.45, 7) is 3.62. The molecule has 31 heavy (non-hydrogen) atoms. The Balaban J connectivity index is 1.51. The van der Waals surface area contributed by atoms with Gasteiger partial charge < -0.3 is 4.74 Å². The summed E-state index contributed by atoms with van der Waals surface area (Å²) in [6.07, 6.45) is -0.771. The van der Waals surface area contributed by atoms with Crippen molar-refractivity contribution in [2.75, 3.05) is 0 Å². The number of hydrogen-bond acceptors (Lipinski definition) is 2. The summed E-state index contributed by atoms with van der Waals surface area (Å²) in [5.41, 5.74) is 5.18. The molecule has 2 aromatic rings. The van der Waals surface area contributed by atoms with Gasteiger partial charge >= 0.3 is 12.1 Å². The second kappa shape index (κ2) is 8.01. The fourth-order valence-corrected chi connectivity index (χ4v) is 4.84. The van der Waals surface area contributed by atoms with Crippen molar-refractivity contribution in [3.8, 4) is 11.1 Å². The smallest absolute Gasteiger partial charge is 0.426 e. The summed E-state index contributed by atoms with van der Waals surface area (Å²) in [5, 5.41) is -1.19. The van der Waals surface area contributed by atoms with Crippen molar-refractivity contribution in [3.63, 3.8) is 0 Å². The zero-order valence-electron chi connectivity index (χ0n) is 17.4. The van der Waals surface area contributed by atoms with Gasteiger partial charge in [0.2, 0.25) is 0 Å². The van der Waals surface area contributed by atoms with E-state index >= 15 is 0 Å². The molecule has 6 heteroatoms. The molecule has 2 atom stereocenters. The van der Waals surface area contributed by atoms with Crippen LogP contribution in [0.5, 0.6) is 0 Å². The molecular formula is C25H24ClF3O2. The van der Waals surface area contributed by atoms with Gasteiger partial charge in [0, 0.05) is 0 Å². The lowest BCUT2D eigenvalue weighted by molar-refractivity contribution is -0.147. The summed E-state index contributed by atoms with van der Waals surface area (Å²) < 4.78 is 43.9. The van der Waals surface area contributed by atoms with Crippen molar-refractivity contribution < 1.29 is 22.7 Å². The van der Waals surface area contributed by atoms with E-state index in [4.69, 9.17) is 16.3 Å². The molecule has 0 saturated heterocycles. The molecule has 0 N–H and O–H groups in total. The number of alkyl halides is 3. The molecule has 0 aromatic heterocycles. The van der Waals surface area contributed by atoms with Crippen molar-refractivity contribution in [1.29, 1.82) is 0 Å². The number of carbonyl (C=O) groups is 1. The Morgan fingerprint density at radius 2 is 1.84 bits per heavy atom. The van der Waals surface area contributed by atoms with Gasteiger partial charge in [-0.15, -0.1) is 0 Å². The van der Waals surface area contributed by atoms with Gasteiger partial charge in [0.15, 0.2) is 0 Å². The Morgan fingerprint density at radius 1 is 1.13 bits per heavy atom. The first-order chi connectivity index (χ1) is 14.6. The molecule has 1 fully saturated rings. The maximum absolute atomic E-state index is 12.8. The van der Waals surface area contributed by atoms with Gasteiger partial charge in [-0.3, -0.25) is 4.79 Å². The van der Waals surface area contributed by atoms with Crippen LogP contribution in [-0.4, -0.2) is 12.1 Å². The van der Waals surface area contributed by atoms with Crippen LogP contribution in [0.4, 0.5) is 13.2 Å². The maximum Gasteiger partial charge on any atom is 0.426 e. The van der Waals surface area contributed by atoms with Crippen LogP contribution < -0.4 is 0 Å². The van der Waals surface area contributed by atoms with Crippen molar-refractivity contribution >= 4 is 17.6 Å². The highest BCUT2D eigenvalue weighted by Gasteiger charge is 2.62. The Kier molecular flexibility index (Phi) is 5.67. The van der Waals surface area contributed by atoms with Gasteiger partial charge in [0.05, 0.1) is 5.92 Å². The first-order valence-electron chi connectivity index (χ1n) is 10.4. The van der Waals surface area contributed by atoms with Crippen molar-refractivity contribution in [2.24, 2.45) is 17.3 Å². The van der Waals surface area contributed by atoms with E-state index in [9.17, 15) is 18.0 Å². The first-order valence-corrected chi connectivity index (χ1v) is 10.8. The van der Waals surface area contributed by atoms with E-state index in [0.717, 1.165) is 36.5 Å². The normalized spacial score (nSPS) is 22.2. The highest BCUT2D eigenvalue weighted by molar-refractivity contribution is 6.30. The number of aryl methyl sites for hydroxylation is 1. The number of esters is 1. The van der Waals surface area contributed by atoms with E-state index in [0.29, 0.717) is 0 Å². The molecule has 2 aliphatic rings. The average molecular weight is 449 g/mol. The second-order valence-corrected chi connectivity index (χ2v) is 9.31. The number of hydrogen-bond donors (Lipinski definition) is 0. The van der Waals surface area contributed by atoms with Gasteiger partial charge in [-0.05, 0) is 58.4 Å². The lowest BCUT2D eigenvalue weighted by atomic mass is 9.93. The Bertz CT molecular complexity index is 1040. The number of carbonyl (C=O) groups excluding carboxylic acids is 1. The summed E-state index contributed by atoms with van der Waals surface area (Å²) in [4.78, 5) is 12.7. The monoisotopic (exact) mass is 448 g/mol. The zero-order valence-corrected chi connectivity index (χ0v) is 18.2. The third kappa shape index (κ3) is 4.25. The molecule has 0 aliphatic heterocycles. The summed E-state index contributed by atoms with van der Waals surface area (Å²) >= 11 is 5.38. The zero-order chi connectivity index (χ0) is 22.4. The molecule has 2 nitrogen and oxygen atoms in total. The molecule has 0 amide bonds. The van der Waals surface area contributed by atoms with E-state index in [1.165, 1.54) is 16.7 Å². The molecule has 0 radical (unpaired) electrons. The highest BCUT2D eigenvalue weighted by Crippen LogP contribution is 2.60. The second-order valence-electron chi connectivity index (χ2n) is 8.90. The Morgan fingerprint density at radius 3 is 2.58 bits per heavy atom.